The third-order valence-electron chi connectivity index (χ3n) is 0.802. The molecule has 0 aliphatic heterocycles. The SMILES string of the molecule is CCC(=NC)OCN. The van der Waals surface area contributed by atoms with E-state index in [-0.39, 0.29) is 6.73 Å². The molecule has 0 aromatic rings. The second-order valence-corrected chi connectivity index (χ2v) is 1.28. The van der Waals surface area contributed by atoms with Gasteiger partial charge in [0.05, 0.1) is 0 Å². The summed E-state index contributed by atoms with van der Waals surface area (Å²) in [6.45, 7) is 2.19. The highest BCUT2D eigenvalue weighted by molar-refractivity contribution is 5.75. The predicted molar refractivity (Wildman–Crippen MR) is 33.8 cm³/mol. The zero-order valence-electron chi connectivity index (χ0n) is 5.35. The summed E-state index contributed by atoms with van der Waals surface area (Å²) in [7, 11) is 1.69. The van der Waals surface area contributed by atoms with Crippen LogP contribution in [0.15, 0.2) is 4.99 Å². The molecule has 0 heterocycles. The first-order valence-electron chi connectivity index (χ1n) is 2.63. The average molecular weight is 116 g/mol. The van der Waals surface area contributed by atoms with Crippen LogP contribution in [0.2, 0.25) is 0 Å². The van der Waals surface area contributed by atoms with Gasteiger partial charge in [-0.1, -0.05) is 6.92 Å². The van der Waals surface area contributed by atoms with Gasteiger partial charge >= 0.3 is 0 Å². The quantitative estimate of drug-likeness (QED) is 0.321. The topological polar surface area (TPSA) is 47.6 Å². The average Bonchev–Trinajstić information content (AvgIpc) is 1.83. The maximum absolute atomic E-state index is 5.08. The molecule has 0 aromatic carbocycles. The van der Waals surface area contributed by atoms with Crippen LogP contribution in [0.25, 0.3) is 0 Å². The summed E-state index contributed by atoms with van der Waals surface area (Å²) >= 11 is 0. The predicted octanol–water partition coefficient (Wildman–Crippen LogP) is 0.358. The summed E-state index contributed by atoms with van der Waals surface area (Å²) in [6, 6.07) is 0. The summed E-state index contributed by atoms with van der Waals surface area (Å²) in [5.41, 5.74) is 5.08. The van der Waals surface area contributed by atoms with Gasteiger partial charge in [-0.25, -0.2) is 0 Å². The normalized spacial score (nSPS) is 11.6. The molecule has 2 N–H and O–H groups in total. The Kier molecular flexibility index (Phi) is 4.26. The highest BCUT2D eigenvalue weighted by Crippen LogP contribution is 1.84. The first-order valence-corrected chi connectivity index (χ1v) is 2.63. The number of aliphatic imine (C=N–C) groups is 1. The van der Waals surface area contributed by atoms with Crippen LogP contribution in [0.5, 0.6) is 0 Å². The van der Waals surface area contributed by atoms with Gasteiger partial charge in [0.2, 0.25) is 0 Å². The minimum atomic E-state index is 0.223. The molecule has 3 nitrogen and oxygen atoms in total. The Bertz CT molecular complexity index is 80.5. The van der Waals surface area contributed by atoms with Crippen molar-refractivity contribution in [2.45, 2.75) is 13.3 Å². The van der Waals surface area contributed by atoms with Gasteiger partial charge in [-0.15, -0.1) is 0 Å². The van der Waals surface area contributed by atoms with E-state index in [4.69, 9.17) is 10.5 Å². The fraction of sp³-hybridized carbons (Fsp3) is 0.800. The lowest BCUT2D eigenvalue weighted by atomic mass is 10.5. The Hall–Kier alpha value is -0.570. The van der Waals surface area contributed by atoms with E-state index in [1.165, 1.54) is 0 Å². The Labute approximate surface area is 49.5 Å². The molecule has 8 heavy (non-hydrogen) atoms. The van der Waals surface area contributed by atoms with Gasteiger partial charge in [-0.3, -0.25) is 10.7 Å². The Morgan fingerprint density at radius 2 is 2.38 bits per heavy atom. The van der Waals surface area contributed by atoms with Crippen LogP contribution < -0.4 is 5.73 Å². The van der Waals surface area contributed by atoms with Gasteiger partial charge in [0.15, 0.2) is 5.90 Å². The van der Waals surface area contributed by atoms with Crippen molar-refractivity contribution in [1.29, 1.82) is 0 Å². The maximum atomic E-state index is 5.08. The van der Waals surface area contributed by atoms with Crippen LogP contribution in [0.3, 0.4) is 0 Å². The highest BCUT2D eigenvalue weighted by atomic mass is 16.5. The molecule has 0 saturated heterocycles. The maximum Gasteiger partial charge on any atom is 0.184 e. The summed E-state index contributed by atoms with van der Waals surface area (Å²) in [6.07, 6.45) is 0.813. The number of nitrogens with two attached hydrogens (primary N) is 1. The fourth-order valence-corrected chi connectivity index (χ4v) is 0.421. The third-order valence-corrected chi connectivity index (χ3v) is 0.802. The van der Waals surface area contributed by atoms with Gasteiger partial charge in [0.1, 0.15) is 6.73 Å². The second-order valence-electron chi connectivity index (χ2n) is 1.28. The molecule has 0 spiro atoms. The van der Waals surface area contributed by atoms with Crippen molar-refractivity contribution in [2.24, 2.45) is 10.7 Å². The van der Waals surface area contributed by atoms with Crippen molar-refractivity contribution in [2.75, 3.05) is 13.8 Å². The Morgan fingerprint density at radius 1 is 1.75 bits per heavy atom. The van der Waals surface area contributed by atoms with E-state index in [9.17, 15) is 0 Å². The lowest BCUT2D eigenvalue weighted by Crippen LogP contribution is -2.10. The first-order chi connectivity index (χ1) is 3.85. The van der Waals surface area contributed by atoms with Gasteiger partial charge in [-0.05, 0) is 0 Å². The molecule has 0 bridgehead atoms. The van der Waals surface area contributed by atoms with E-state index >= 15 is 0 Å². The molecule has 0 aliphatic carbocycles. The molecule has 0 amide bonds. The Morgan fingerprint density at radius 3 is 2.50 bits per heavy atom. The summed E-state index contributed by atoms with van der Waals surface area (Å²) in [5, 5.41) is 0. The third kappa shape index (κ3) is 2.58. The Balaban J connectivity index is 3.38. The minimum Gasteiger partial charge on any atom is -0.466 e. The van der Waals surface area contributed by atoms with Crippen LogP contribution >= 0.6 is 0 Å². The largest absolute Gasteiger partial charge is 0.466 e. The van der Waals surface area contributed by atoms with E-state index in [2.05, 4.69) is 4.99 Å². The van der Waals surface area contributed by atoms with Crippen LogP contribution in [0.4, 0.5) is 0 Å². The van der Waals surface area contributed by atoms with E-state index < -0.39 is 0 Å². The molecule has 0 atom stereocenters. The molecular weight excluding hydrogens is 104 g/mol. The number of hydrogen-bond donors (Lipinski definition) is 1. The number of nitrogens with zero attached hydrogens (tertiary/aromatic N) is 1. The number of hydrogen-bond acceptors (Lipinski definition) is 3. The van der Waals surface area contributed by atoms with Crippen molar-refractivity contribution >= 4 is 5.90 Å². The smallest absolute Gasteiger partial charge is 0.184 e. The molecule has 0 saturated carbocycles. The first kappa shape index (κ1) is 7.43. The number of rotatable bonds is 2. The van der Waals surface area contributed by atoms with Crippen LogP contribution in [0, 0.1) is 0 Å². The van der Waals surface area contributed by atoms with Gasteiger partial charge in [-0.2, -0.15) is 0 Å². The van der Waals surface area contributed by atoms with Crippen LogP contribution in [-0.4, -0.2) is 19.7 Å². The van der Waals surface area contributed by atoms with E-state index in [1.807, 2.05) is 6.92 Å². The minimum absolute atomic E-state index is 0.223. The van der Waals surface area contributed by atoms with E-state index in [1.54, 1.807) is 7.05 Å². The van der Waals surface area contributed by atoms with Gasteiger partial charge in [0, 0.05) is 13.5 Å². The van der Waals surface area contributed by atoms with Gasteiger partial charge in [0.25, 0.3) is 0 Å². The monoisotopic (exact) mass is 116 g/mol. The van der Waals surface area contributed by atoms with Crippen molar-refractivity contribution < 1.29 is 4.74 Å². The van der Waals surface area contributed by atoms with Crippen molar-refractivity contribution in [3.05, 3.63) is 0 Å². The standard InChI is InChI=1S/C5H12N2O/c1-3-5(7-2)8-4-6/h3-4,6H2,1-2H3. The summed E-state index contributed by atoms with van der Waals surface area (Å²) in [4.78, 5) is 3.81. The molecule has 3 heteroatoms. The molecule has 0 fully saturated rings. The zero-order chi connectivity index (χ0) is 6.41. The van der Waals surface area contributed by atoms with Crippen LogP contribution in [-0.2, 0) is 4.74 Å². The molecule has 48 valence electrons. The van der Waals surface area contributed by atoms with Gasteiger partial charge < -0.3 is 4.74 Å². The molecule has 0 radical (unpaired) electrons. The lowest BCUT2D eigenvalue weighted by Gasteiger charge is -2.00. The molecule has 0 aliphatic rings. The van der Waals surface area contributed by atoms with Crippen LogP contribution in [0.1, 0.15) is 13.3 Å². The number of ether oxygens (including phenoxy) is 1. The van der Waals surface area contributed by atoms with E-state index in [0.29, 0.717) is 5.90 Å². The molecule has 0 aromatic heterocycles. The van der Waals surface area contributed by atoms with Crippen molar-refractivity contribution in [1.82, 2.24) is 0 Å². The van der Waals surface area contributed by atoms with E-state index in [0.717, 1.165) is 6.42 Å². The van der Waals surface area contributed by atoms with Crippen molar-refractivity contribution in [3.63, 3.8) is 0 Å². The van der Waals surface area contributed by atoms with Crippen molar-refractivity contribution in [3.8, 4) is 0 Å². The molecule has 0 unspecified atom stereocenters. The fourth-order valence-electron chi connectivity index (χ4n) is 0.421. The lowest BCUT2D eigenvalue weighted by molar-refractivity contribution is 0.308. The molecule has 0 rings (SSSR count). The zero-order valence-corrected chi connectivity index (χ0v) is 5.35. The highest BCUT2D eigenvalue weighted by Gasteiger charge is 1.88. The summed E-state index contributed by atoms with van der Waals surface area (Å²) < 4.78 is 4.87. The second kappa shape index (κ2) is 4.59. The molecular formula is C5H12N2O. The summed E-state index contributed by atoms with van der Waals surface area (Å²) in [5.74, 6) is 0.715.